The highest BCUT2D eigenvalue weighted by atomic mass is 79.9. The van der Waals surface area contributed by atoms with Crippen molar-refractivity contribution >= 4 is 54.3 Å². The Kier molecular flexibility index (Phi) is 7.95. The molecule has 0 radical (unpaired) electrons. The number of nitrogens with zero attached hydrogens (tertiary/aromatic N) is 2. The maximum atomic E-state index is 14.4. The number of hydrogen-bond donors (Lipinski definition) is 1. The predicted molar refractivity (Wildman–Crippen MR) is 133 cm³/mol. The number of sulfonamides is 1. The van der Waals surface area contributed by atoms with Crippen LogP contribution in [0, 0.1) is 5.82 Å². The predicted octanol–water partition coefficient (Wildman–Crippen LogP) is 4.68. The van der Waals surface area contributed by atoms with Gasteiger partial charge in [0.15, 0.2) is 11.7 Å². The van der Waals surface area contributed by atoms with E-state index in [2.05, 4.69) is 26.2 Å². The summed E-state index contributed by atoms with van der Waals surface area (Å²) in [6, 6.07) is 10.5. The van der Waals surface area contributed by atoms with Crippen molar-refractivity contribution in [1.82, 2.24) is 9.29 Å². The molecule has 3 aromatic rings. The summed E-state index contributed by atoms with van der Waals surface area (Å²) < 4.78 is 47.2. The second-order valence-corrected chi connectivity index (χ2v) is 11.5. The van der Waals surface area contributed by atoms with Gasteiger partial charge in [-0.1, -0.05) is 34.5 Å². The third kappa shape index (κ3) is 6.13. The molecule has 184 valence electrons. The van der Waals surface area contributed by atoms with Crippen LogP contribution in [0.2, 0.25) is 0 Å². The number of benzene rings is 2. The van der Waals surface area contributed by atoms with Crippen LogP contribution in [-0.2, 0) is 19.6 Å². The van der Waals surface area contributed by atoms with Crippen molar-refractivity contribution in [2.24, 2.45) is 0 Å². The first-order chi connectivity index (χ1) is 16.7. The molecule has 0 saturated carbocycles. The molecule has 12 heteroatoms. The van der Waals surface area contributed by atoms with Crippen LogP contribution in [0.5, 0.6) is 0 Å². The lowest BCUT2D eigenvalue weighted by Crippen LogP contribution is -2.36. The van der Waals surface area contributed by atoms with Gasteiger partial charge in [0.1, 0.15) is 10.7 Å². The average molecular weight is 582 g/mol. The van der Waals surface area contributed by atoms with E-state index in [0.717, 1.165) is 34.7 Å². The standard InChI is InChI=1S/C23H21BrFN3O5S2/c24-17-6-4-5-15(11-17)19-14-34-23(26-19)27-21(29)13-33-22(30)16-7-8-18(25)20(12-16)35(31,32)28-9-2-1-3-10-28/h4-8,11-12,14H,1-3,9-10,13H2,(H,26,27,29). The molecule has 1 saturated heterocycles. The number of carbonyl (C=O) groups excluding carboxylic acids is 2. The summed E-state index contributed by atoms with van der Waals surface area (Å²) in [4.78, 5) is 28.5. The monoisotopic (exact) mass is 581 g/mol. The number of nitrogens with one attached hydrogen (secondary N) is 1. The largest absolute Gasteiger partial charge is 0.452 e. The minimum atomic E-state index is -4.08. The van der Waals surface area contributed by atoms with Crippen molar-refractivity contribution < 1.29 is 27.1 Å². The number of esters is 1. The van der Waals surface area contributed by atoms with Gasteiger partial charge >= 0.3 is 5.97 Å². The van der Waals surface area contributed by atoms with Gasteiger partial charge in [0.25, 0.3) is 5.91 Å². The van der Waals surface area contributed by atoms with E-state index in [1.165, 1.54) is 15.6 Å². The number of rotatable bonds is 7. The molecule has 35 heavy (non-hydrogen) atoms. The highest BCUT2D eigenvalue weighted by molar-refractivity contribution is 9.10. The van der Waals surface area contributed by atoms with Gasteiger partial charge in [0.2, 0.25) is 10.0 Å². The van der Waals surface area contributed by atoms with Crippen molar-refractivity contribution in [2.75, 3.05) is 25.0 Å². The molecule has 0 bridgehead atoms. The Balaban J connectivity index is 1.38. The van der Waals surface area contributed by atoms with Crippen LogP contribution < -0.4 is 5.32 Å². The van der Waals surface area contributed by atoms with Crippen LogP contribution in [0.4, 0.5) is 9.52 Å². The van der Waals surface area contributed by atoms with E-state index in [1.807, 2.05) is 24.3 Å². The summed E-state index contributed by atoms with van der Waals surface area (Å²) in [5.74, 6) is -2.50. The molecular formula is C23H21BrFN3O5S2. The van der Waals surface area contributed by atoms with E-state index >= 15 is 0 Å². The molecule has 0 unspecified atom stereocenters. The van der Waals surface area contributed by atoms with Crippen LogP contribution in [0.1, 0.15) is 29.6 Å². The quantitative estimate of drug-likeness (QED) is 0.406. The molecule has 0 aliphatic carbocycles. The van der Waals surface area contributed by atoms with Crippen LogP contribution in [0.25, 0.3) is 11.3 Å². The Morgan fingerprint density at radius 1 is 1.14 bits per heavy atom. The third-order valence-electron chi connectivity index (χ3n) is 5.31. The Morgan fingerprint density at radius 3 is 2.66 bits per heavy atom. The molecule has 8 nitrogen and oxygen atoms in total. The van der Waals surface area contributed by atoms with E-state index in [9.17, 15) is 22.4 Å². The van der Waals surface area contributed by atoms with Gasteiger partial charge in [0, 0.05) is 28.5 Å². The molecule has 4 rings (SSSR count). The maximum absolute atomic E-state index is 14.4. The summed E-state index contributed by atoms with van der Waals surface area (Å²) in [5, 5.41) is 4.67. The van der Waals surface area contributed by atoms with Gasteiger partial charge in [-0.25, -0.2) is 22.6 Å². The Morgan fingerprint density at radius 2 is 1.91 bits per heavy atom. The minimum absolute atomic E-state index is 0.166. The van der Waals surface area contributed by atoms with Gasteiger partial charge in [-0.3, -0.25) is 10.1 Å². The highest BCUT2D eigenvalue weighted by Crippen LogP contribution is 2.27. The van der Waals surface area contributed by atoms with Crippen LogP contribution >= 0.6 is 27.3 Å². The lowest BCUT2D eigenvalue weighted by Gasteiger charge is -2.26. The molecular weight excluding hydrogens is 561 g/mol. The van der Waals surface area contributed by atoms with Crippen molar-refractivity contribution in [2.45, 2.75) is 24.2 Å². The zero-order valence-electron chi connectivity index (χ0n) is 18.4. The number of carbonyl (C=O) groups is 2. The normalized spacial score (nSPS) is 14.5. The summed E-state index contributed by atoms with van der Waals surface area (Å²) in [5.41, 5.74) is 1.38. The lowest BCUT2D eigenvalue weighted by molar-refractivity contribution is -0.119. The molecule has 0 spiro atoms. The summed E-state index contributed by atoms with van der Waals surface area (Å²) in [6.07, 6.45) is 2.30. The number of anilines is 1. The number of halogens is 2. The van der Waals surface area contributed by atoms with Crippen molar-refractivity contribution in [3.05, 3.63) is 63.7 Å². The van der Waals surface area contributed by atoms with Crippen molar-refractivity contribution in [3.8, 4) is 11.3 Å². The molecule has 1 fully saturated rings. The summed E-state index contributed by atoms with van der Waals surface area (Å²) in [6.45, 7) is -0.0104. The van der Waals surface area contributed by atoms with Crippen LogP contribution in [0.3, 0.4) is 0 Å². The van der Waals surface area contributed by atoms with Gasteiger partial charge in [0.05, 0.1) is 11.3 Å². The Hall–Kier alpha value is -2.67. The fourth-order valence-electron chi connectivity index (χ4n) is 3.55. The molecule has 1 aliphatic rings. The smallest absolute Gasteiger partial charge is 0.338 e. The van der Waals surface area contributed by atoms with Crippen molar-refractivity contribution in [1.29, 1.82) is 0 Å². The highest BCUT2D eigenvalue weighted by Gasteiger charge is 2.29. The first-order valence-electron chi connectivity index (χ1n) is 10.7. The lowest BCUT2D eigenvalue weighted by atomic mass is 10.2. The maximum Gasteiger partial charge on any atom is 0.338 e. The first kappa shape index (κ1) is 25.4. The van der Waals surface area contributed by atoms with Crippen LogP contribution in [0.15, 0.2) is 57.2 Å². The number of aromatic nitrogens is 1. The van der Waals surface area contributed by atoms with Gasteiger partial charge in [-0.2, -0.15) is 4.31 Å². The third-order valence-corrected chi connectivity index (χ3v) is 8.47. The molecule has 1 aromatic heterocycles. The average Bonchev–Trinajstić information content (AvgIpc) is 3.31. The van der Waals surface area contributed by atoms with E-state index in [-0.39, 0.29) is 5.56 Å². The van der Waals surface area contributed by atoms with E-state index in [0.29, 0.717) is 36.8 Å². The molecule has 1 N–H and O–H groups in total. The van der Waals surface area contributed by atoms with Crippen LogP contribution in [-0.4, -0.2) is 49.3 Å². The second kappa shape index (κ2) is 10.9. The zero-order chi connectivity index (χ0) is 25.0. The fourth-order valence-corrected chi connectivity index (χ4v) is 6.30. The SMILES string of the molecule is O=C(COC(=O)c1ccc(F)c(S(=O)(=O)N2CCCCC2)c1)Nc1nc(-c2cccc(Br)c2)cs1. The topological polar surface area (TPSA) is 106 Å². The number of amides is 1. The Bertz CT molecular complexity index is 1360. The van der Waals surface area contributed by atoms with E-state index in [4.69, 9.17) is 4.74 Å². The summed E-state index contributed by atoms with van der Waals surface area (Å²) in [7, 11) is -4.08. The van der Waals surface area contributed by atoms with E-state index in [1.54, 1.807) is 5.38 Å². The number of ether oxygens (including phenoxy) is 1. The molecule has 1 amide bonds. The van der Waals surface area contributed by atoms with Crippen molar-refractivity contribution in [3.63, 3.8) is 0 Å². The zero-order valence-corrected chi connectivity index (χ0v) is 21.6. The Labute approximate surface area is 214 Å². The number of thiazole rings is 1. The molecule has 0 atom stereocenters. The second-order valence-electron chi connectivity index (χ2n) is 7.78. The van der Waals surface area contributed by atoms with E-state index < -0.39 is 39.2 Å². The van der Waals surface area contributed by atoms with Gasteiger partial charge in [-0.05, 0) is 43.2 Å². The molecule has 1 aliphatic heterocycles. The number of hydrogen-bond acceptors (Lipinski definition) is 7. The fraction of sp³-hybridized carbons (Fsp3) is 0.261. The minimum Gasteiger partial charge on any atom is -0.452 e. The first-order valence-corrected chi connectivity index (χ1v) is 13.8. The molecule has 2 aromatic carbocycles. The summed E-state index contributed by atoms with van der Waals surface area (Å²) >= 11 is 4.62. The number of piperidine rings is 1. The van der Waals surface area contributed by atoms with Gasteiger partial charge in [-0.15, -0.1) is 11.3 Å². The molecule has 2 heterocycles. The van der Waals surface area contributed by atoms with Gasteiger partial charge < -0.3 is 4.74 Å².